The minimum absolute atomic E-state index is 0. The first kappa shape index (κ1) is 21.9. The number of rotatable bonds is 3. The van der Waals surface area contributed by atoms with E-state index in [9.17, 15) is 13.2 Å². The molecule has 1 aliphatic heterocycles. The van der Waals surface area contributed by atoms with Crippen molar-refractivity contribution >= 4 is 28.3 Å². The summed E-state index contributed by atoms with van der Waals surface area (Å²) in [4.78, 5) is 14.0. The minimum atomic E-state index is -3.57. The lowest BCUT2D eigenvalue weighted by Gasteiger charge is -2.35. The van der Waals surface area contributed by atoms with Gasteiger partial charge in [-0.1, -0.05) is 6.07 Å². The topological polar surface area (TPSA) is 83.7 Å². The van der Waals surface area contributed by atoms with Crippen LogP contribution >= 0.6 is 12.4 Å². The van der Waals surface area contributed by atoms with Gasteiger partial charge in [0.25, 0.3) is 0 Å². The Hall–Kier alpha value is -1.15. The second-order valence-electron chi connectivity index (χ2n) is 6.61. The van der Waals surface area contributed by atoms with Crippen LogP contribution in [0.1, 0.15) is 29.2 Å². The highest BCUT2D eigenvalue weighted by Crippen LogP contribution is 2.29. The van der Waals surface area contributed by atoms with Crippen molar-refractivity contribution in [2.45, 2.75) is 45.6 Å². The molecule has 25 heavy (non-hydrogen) atoms. The number of piperazine rings is 1. The molecule has 1 aromatic rings. The van der Waals surface area contributed by atoms with Gasteiger partial charge in [-0.2, -0.15) is 4.31 Å². The van der Waals surface area contributed by atoms with E-state index in [2.05, 4.69) is 0 Å². The van der Waals surface area contributed by atoms with E-state index in [1.165, 1.54) is 4.31 Å². The molecule has 0 saturated carbocycles. The van der Waals surface area contributed by atoms with Crippen molar-refractivity contribution in [2.24, 2.45) is 5.73 Å². The van der Waals surface area contributed by atoms with Gasteiger partial charge in [0, 0.05) is 26.2 Å². The molecule has 2 N–H and O–H groups in total. The molecule has 1 aliphatic rings. The molecule has 8 heteroatoms. The number of amides is 1. The third kappa shape index (κ3) is 4.16. The van der Waals surface area contributed by atoms with Crippen LogP contribution in [0.25, 0.3) is 0 Å². The maximum absolute atomic E-state index is 13.1. The number of aryl methyl sites for hydroxylation is 2. The van der Waals surface area contributed by atoms with Crippen LogP contribution in [0.4, 0.5) is 0 Å². The lowest BCUT2D eigenvalue weighted by Crippen LogP contribution is -2.53. The van der Waals surface area contributed by atoms with Crippen molar-refractivity contribution in [1.29, 1.82) is 0 Å². The molecule has 142 valence electrons. The van der Waals surface area contributed by atoms with Gasteiger partial charge in [0.2, 0.25) is 15.9 Å². The Kier molecular flexibility index (Phi) is 7.03. The van der Waals surface area contributed by atoms with E-state index in [0.29, 0.717) is 31.1 Å². The Labute approximate surface area is 156 Å². The smallest absolute Gasteiger partial charge is 0.243 e. The van der Waals surface area contributed by atoms with Crippen molar-refractivity contribution in [3.05, 3.63) is 28.3 Å². The average Bonchev–Trinajstić information content (AvgIpc) is 2.52. The Morgan fingerprint density at radius 3 is 1.88 bits per heavy atom. The highest BCUT2D eigenvalue weighted by molar-refractivity contribution is 7.89. The second-order valence-corrected chi connectivity index (χ2v) is 8.48. The number of nitrogens with zero attached hydrogens (tertiary/aromatic N) is 2. The third-order valence-electron chi connectivity index (χ3n) is 4.83. The van der Waals surface area contributed by atoms with E-state index in [-0.39, 0.29) is 18.3 Å². The van der Waals surface area contributed by atoms with Gasteiger partial charge in [-0.15, -0.1) is 12.4 Å². The summed E-state index contributed by atoms with van der Waals surface area (Å²) in [5, 5.41) is 0. The summed E-state index contributed by atoms with van der Waals surface area (Å²) >= 11 is 0. The predicted octanol–water partition coefficient (Wildman–Crippen LogP) is 1.52. The van der Waals surface area contributed by atoms with Crippen LogP contribution in [0.3, 0.4) is 0 Å². The zero-order valence-corrected chi connectivity index (χ0v) is 17.1. The molecule has 1 saturated heterocycles. The monoisotopic (exact) mass is 389 g/mol. The molecular formula is C17H28ClN3O3S. The van der Waals surface area contributed by atoms with Crippen molar-refractivity contribution in [3.8, 4) is 0 Å². The van der Waals surface area contributed by atoms with Gasteiger partial charge in [0.1, 0.15) is 0 Å². The van der Waals surface area contributed by atoms with E-state index in [4.69, 9.17) is 5.73 Å². The van der Waals surface area contributed by atoms with Crippen LogP contribution in [-0.2, 0) is 14.8 Å². The maximum atomic E-state index is 13.1. The van der Waals surface area contributed by atoms with E-state index >= 15 is 0 Å². The molecule has 1 fully saturated rings. The molecule has 1 amide bonds. The summed E-state index contributed by atoms with van der Waals surface area (Å²) in [7, 11) is -3.57. The molecular weight excluding hydrogens is 362 g/mol. The Morgan fingerprint density at radius 1 is 1.04 bits per heavy atom. The van der Waals surface area contributed by atoms with Crippen molar-refractivity contribution < 1.29 is 13.2 Å². The van der Waals surface area contributed by atoms with Crippen molar-refractivity contribution in [1.82, 2.24) is 9.21 Å². The summed E-state index contributed by atoms with van der Waals surface area (Å²) in [6.45, 7) is 10.6. The third-order valence-corrected chi connectivity index (χ3v) is 7.01. The molecule has 1 atom stereocenters. The Bertz CT molecular complexity index is 729. The van der Waals surface area contributed by atoms with Crippen molar-refractivity contribution in [3.63, 3.8) is 0 Å². The first-order chi connectivity index (χ1) is 11.1. The standard InChI is InChI=1S/C17H27N3O3S.ClH/c1-11-10-12(2)14(4)16(13(11)3)24(22,23)20-8-6-19(7-9-20)17(21)15(5)18;/h10,15H,6-9,18H2,1-5H3;1H/t15-;/m1./s1. The minimum Gasteiger partial charge on any atom is -0.339 e. The van der Waals surface area contributed by atoms with Gasteiger partial charge in [-0.25, -0.2) is 8.42 Å². The van der Waals surface area contributed by atoms with Crippen LogP contribution in [0.5, 0.6) is 0 Å². The summed E-state index contributed by atoms with van der Waals surface area (Å²) in [5.41, 5.74) is 9.17. The summed E-state index contributed by atoms with van der Waals surface area (Å²) < 4.78 is 27.8. The van der Waals surface area contributed by atoms with E-state index < -0.39 is 16.1 Å². The fourth-order valence-electron chi connectivity index (χ4n) is 3.13. The van der Waals surface area contributed by atoms with Gasteiger partial charge >= 0.3 is 0 Å². The molecule has 1 aromatic carbocycles. The highest BCUT2D eigenvalue weighted by Gasteiger charge is 2.33. The lowest BCUT2D eigenvalue weighted by atomic mass is 10.0. The zero-order valence-electron chi connectivity index (χ0n) is 15.5. The van der Waals surface area contributed by atoms with Crippen LogP contribution in [0.15, 0.2) is 11.0 Å². The highest BCUT2D eigenvalue weighted by atomic mass is 35.5. The van der Waals surface area contributed by atoms with Gasteiger partial charge in [-0.3, -0.25) is 4.79 Å². The molecule has 0 aliphatic carbocycles. The van der Waals surface area contributed by atoms with E-state index in [1.54, 1.807) is 11.8 Å². The second kappa shape index (κ2) is 8.03. The summed E-state index contributed by atoms with van der Waals surface area (Å²) in [6.07, 6.45) is 0. The molecule has 0 radical (unpaired) electrons. The van der Waals surface area contributed by atoms with Crippen LogP contribution in [0.2, 0.25) is 0 Å². The fraction of sp³-hybridized carbons (Fsp3) is 0.588. The van der Waals surface area contributed by atoms with Gasteiger partial charge in [0.15, 0.2) is 0 Å². The van der Waals surface area contributed by atoms with Crippen LogP contribution < -0.4 is 5.73 Å². The van der Waals surface area contributed by atoms with E-state index in [1.807, 2.05) is 33.8 Å². The van der Waals surface area contributed by atoms with Crippen LogP contribution in [0, 0.1) is 27.7 Å². The quantitative estimate of drug-likeness (QED) is 0.849. The normalized spacial score (nSPS) is 17.1. The number of hydrogen-bond donors (Lipinski definition) is 1. The molecule has 2 rings (SSSR count). The summed E-state index contributed by atoms with van der Waals surface area (Å²) in [6, 6.07) is 1.46. The summed E-state index contributed by atoms with van der Waals surface area (Å²) in [5.74, 6) is -0.134. The molecule has 0 aromatic heterocycles. The largest absolute Gasteiger partial charge is 0.339 e. The lowest BCUT2D eigenvalue weighted by molar-refractivity contribution is -0.133. The molecule has 0 bridgehead atoms. The SMILES string of the molecule is Cc1cc(C)c(C)c(S(=O)(=O)N2CCN(C(=O)[C@@H](C)N)CC2)c1C.Cl. The predicted molar refractivity (Wildman–Crippen MR) is 102 cm³/mol. The Morgan fingerprint density at radius 2 is 1.48 bits per heavy atom. The number of nitrogens with two attached hydrogens (primary N) is 1. The molecule has 0 unspecified atom stereocenters. The Balaban J connectivity index is 0.00000312. The first-order valence-corrected chi connectivity index (χ1v) is 9.63. The number of carbonyl (C=O) groups excluding carboxylic acids is 1. The number of benzene rings is 1. The van der Waals surface area contributed by atoms with Crippen LogP contribution in [-0.4, -0.2) is 55.8 Å². The number of hydrogen-bond acceptors (Lipinski definition) is 4. The van der Waals surface area contributed by atoms with Gasteiger partial charge < -0.3 is 10.6 Å². The number of carbonyl (C=O) groups is 1. The first-order valence-electron chi connectivity index (χ1n) is 8.19. The van der Waals surface area contributed by atoms with Gasteiger partial charge in [0.05, 0.1) is 10.9 Å². The molecule has 6 nitrogen and oxygen atoms in total. The van der Waals surface area contributed by atoms with Crippen molar-refractivity contribution in [2.75, 3.05) is 26.2 Å². The number of sulfonamides is 1. The fourth-order valence-corrected chi connectivity index (χ4v) is 5.13. The number of halogens is 1. The van der Waals surface area contributed by atoms with E-state index in [0.717, 1.165) is 22.3 Å². The maximum Gasteiger partial charge on any atom is 0.243 e. The molecule has 1 heterocycles. The zero-order chi connectivity index (χ0) is 18.2. The average molecular weight is 390 g/mol. The molecule has 0 spiro atoms. The van der Waals surface area contributed by atoms with Gasteiger partial charge in [-0.05, 0) is 56.9 Å².